The molecule has 21 heavy (non-hydrogen) atoms. The van der Waals surface area contributed by atoms with E-state index in [1.165, 1.54) is 18.2 Å². The summed E-state index contributed by atoms with van der Waals surface area (Å²) in [4.78, 5) is 22.5. The van der Waals surface area contributed by atoms with Crippen LogP contribution in [0.1, 0.15) is 35.3 Å². The molecule has 108 valence electrons. The predicted molar refractivity (Wildman–Crippen MR) is 80.0 cm³/mol. The fourth-order valence-electron chi connectivity index (χ4n) is 2.11. The smallest absolute Gasteiger partial charge is 0.270 e. The van der Waals surface area contributed by atoms with Crippen molar-refractivity contribution in [2.24, 2.45) is 0 Å². The van der Waals surface area contributed by atoms with E-state index in [4.69, 9.17) is 0 Å². The SMILES string of the molecule is CCC(NC(=O)c1cccc([N+](=O)[O-])c1)c1ccccc1. The third-order valence-electron chi connectivity index (χ3n) is 3.23. The Morgan fingerprint density at radius 2 is 1.90 bits per heavy atom. The highest BCUT2D eigenvalue weighted by Gasteiger charge is 2.16. The van der Waals surface area contributed by atoms with Crippen molar-refractivity contribution in [3.63, 3.8) is 0 Å². The van der Waals surface area contributed by atoms with Gasteiger partial charge in [0.15, 0.2) is 0 Å². The number of benzene rings is 2. The van der Waals surface area contributed by atoms with E-state index in [0.717, 1.165) is 12.0 Å². The molecule has 0 saturated carbocycles. The summed E-state index contributed by atoms with van der Waals surface area (Å²) in [5.41, 5.74) is 1.22. The van der Waals surface area contributed by atoms with Gasteiger partial charge in [-0.05, 0) is 18.1 Å². The molecular formula is C16H16N2O3. The second kappa shape index (κ2) is 6.65. The third kappa shape index (κ3) is 3.66. The van der Waals surface area contributed by atoms with Gasteiger partial charge in [0.05, 0.1) is 11.0 Å². The van der Waals surface area contributed by atoms with Crippen molar-refractivity contribution in [2.75, 3.05) is 0 Å². The first-order chi connectivity index (χ1) is 10.1. The van der Waals surface area contributed by atoms with E-state index < -0.39 is 4.92 Å². The van der Waals surface area contributed by atoms with Crippen molar-refractivity contribution in [1.82, 2.24) is 5.32 Å². The Balaban J connectivity index is 2.17. The molecule has 1 N–H and O–H groups in total. The van der Waals surface area contributed by atoms with Crippen LogP contribution in [0.4, 0.5) is 5.69 Å². The molecule has 2 aromatic rings. The number of nitro benzene ring substituents is 1. The monoisotopic (exact) mass is 284 g/mol. The number of carbonyl (C=O) groups excluding carboxylic acids is 1. The summed E-state index contributed by atoms with van der Waals surface area (Å²) in [5.74, 6) is -0.311. The number of carbonyl (C=O) groups is 1. The molecule has 1 amide bonds. The summed E-state index contributed by atoms with van der Waals surface area (Å²) in [5, 5.41) is 13.7. The number of non-ortho nitro benzene ring substituents is 1. The molecule has 1 atom stereocenters. The first-order valence-corrected chi connectivity index (χ1v) is 6.72. The Kier molecular flexibility index (Phi) is 4.66. The second-order valence-corrected chi connectivity index (χ2v) is 4.65. The molecule has 0 aliphatic carbocycles. The molecule has 0 saturated heterocycles. The minimum atomic E-state index is -0.509. The van der Waals surface area contributed by atoms with Crippen LogP contribution in [0, 0.1) is 10.1 Å². The molecule has 2 rings (SSSR count). The fourth-order valence-corrected chi connectivity index (χ4v) is 2.11. The fraction of sp³-hybridized carbons (Fsp3) is 0.188. The number of rotatable bonds is 5. The number of nitrogens with one attached hydrogen (secondary N) is 1. The van der Waals surface area contributed by atoms with Gasteiger partial charge in [0.1, 0.15) is 0 Å². The predicted octanol–water partition coefficient (Wildman–Crippen LogP) is 3.48. The van der Waals surface area contributed by atoms with Gasteiger partial charge in [-0.1, -0.05) is 43.3 Å². The van der Waals surface area contributed by atoms with Crippen LogP contribution in [0.15, 0.2) is 54.6 Å². The maximum atomic E-state index is 12.2. The standard InChI is InChI=1S/C16H16N2O3/c1-2-15(12-7-4-3-5-8-12)17-16(19)13-9-6-10-14(11-13)18(20)21/h3-11,15H,2H2,1H3,(H,17,19). The Bertz CT molecular complexity index is 641. The van der Waals surface area contributed by atoms with E-state index >= 15 is 0 Å². The largest absolute Gasteiger partial charge is 0.345 e. The summed E-state index contributed by atoms with van der Waals surface area (Å²) in [7, 11) is 0. The lowest BCUT2D eigenvalue weighted by Crippen LogP contribution is -2.28. The molecule has 5 heteroatoms. The van der Waals surface area contributed by atoms with Gasteiger partial charge < -0.3 is 5.32 Å². The number of hydrogen-bond acceptors (Lipinski definition) is 3. The van der Waals surface area contributed by atoms with Gasteiger partial charge in [-0.3, -0.25) is 14.9 Å². The molecule has 0 aromatic heterocycles. The number of nitro groups is 1. The normalized spacial score (nSPS) is 11.7. The summed E-state index contributed by atoms with van der Waals surface area (Å²) >= 11 is 0. The molecule has 0 fully saturated rings. The topological polar surface area (TPSA) is 72.2 Å². The zero-order valence-electron chi connectivity index (χ0n) is 11.7. The van der Waals surface area contributed by atoms with Crippen molar-refractivity contribution in [3.8, 4) is 0 Å². The highest BCUT2D eigenvalue weighted by molar-refractivity contribution is 5.95. The molecule has 5 nitrogen and oxygen atoms in total. The average molecular weight is 284 g/mol. The Morgan fingerprint density at radius 3 is 2.52 bits per heavy atom. The van der Waals surface area contributed by atoms with Gasteiger partial charge in [0, 0.05) is 17.7 Å². The second-order valence-electron chi connectivity index (χ2n) is 4.65. The van der Waals surface area contributed by atoms with E-state index in [1.54, 1.807) is 6.07 Å². The number of nitrogens with zero attached hydrogens (tertiary/aromatic N) is 1. The number of amides is 1. The molecule has 0 heterocycles. The van der Waals surface area contributed by atoms with Gasteiger partial charge >= 0.3 is 0 Å². The minimum absolute atomic E-state index is 0.0876. The van der Waals surface area contributed by atoms with Gasteiger partial charge in [0.2, 0.25) is 0 Å². The van der Waals surface area contributed by atoms with Gasteiger partial charge in [0.25, 0.3) is 11.6 Å². The first kappa shape index (κ1) is 14.7. The van der Waals surface area contributed by atoms with E-state index in [2.05, 4.69) is 5.32 Å². The highest BCUT2D eigenvalue weighted by atomic mass is 16.6. The van der Waals surface area contributed by atoms with Gasteiger partial charge in [-0.25, -0.2) is 0 Å². The molecule has 0 aliphatic rings. The van der Waals surface area contributed by atoms with Crippen LogP contribution in [0.3, 0.4) is 0 Å². The van der Waals surface area contributed by atoms with E-state index in [-0.39, 0.29) is 17.6 Å². The molecule has 0 spiro atoms. The Hall–Kier alpha value is -2.69. The summed E-state index contributed by atoms with van der Waals surface area (Å²) < 4.78 is 0. The van der Waals surface area contributed by atoms with Crippen LogP contribution in [0.5, 0.6) is 0 Å². The maximum Gasteiger partial charge on any atom is 0.270 e. The van der Waals surface area contributed by atoms with Gasteiger partial charge in [-0.15, -0.1) is 0 Å². The van der Waals surface area contributed by atoms with Crippen molar-refractivity contribution in [2.45, 2.75) is 19.4 Å². The number of hydrogen-bond donors (Lipinski definition) is 1. The van der Waals surface area contributed by atoms with E-state index in [0.29, 0.717) is 5.56 Å². The molecular weight excluding hydrogens is 268 g/mol. The van der Waals surface area contributed by atoms with Crippen LogP contribution in [0.25, 0.3) is 0 Å². The molecule has 0 radical (unpaired) electrons. The van der Waals surface area contributed by atoms with Crippen molar-refractivity contribution >= 4 is 11.6 Å². The molecule has 0 bridgehead atoms. The van der Waals surface area contributed by atoms with Gasteiger partial charge in [-0.2, -0.15) is 0 Å². The van der Waals surface area contributed by atoms with Crippen LogP contribution < -0.4 is 5.32 Å². The lowest BCUT2D eigenvalue weighted by Gasteiger charge is -2.17. The van der Waals surface area contributed by atoms with Crippen LogP contribution in [0.2, 0.25) is 0 Å². The Labute approximate surface area is 122 Å². The summed E-state index contributed by atoms with van der Waals surface area (Å²) in [6.45, 7) is 1.98. The molecule has 0 aliphatic heterocycles. The highest BCUT2D eigenvalue weighted by Crippen LogP contribution is 2.18. The van der Waals surface area contributed by atoms with E-state index in [1.807, 2.05) is 37.3 Å². The molecule has 2 aromatic carbocycles. The minimum Gasteiger partial charge on any atom is -0.345 e. The maximum absolute atomic E-state index is 12.2. The van der Waals surface area contributed by atoms with Crippen LogP contribution in [-0.2, 0) is 0 Å². The third-order valence-corrected chi connectivity index (χ3v) is 3.23. The Morgan fingerprint density at radius 1 is 1.19 bits per heavy atom. The van der Waals surface area contributed by atoms with Crippen LogP contribution >= 0.6 is 0 Å². The average Bonchev–Trinajstić information content (AvgIpc) is 2.53. The molecule has 1 unspecified atom stereocenters. The van der Waals surface area contributed by atoms with Crippen molar-refractivity contribution in [3.05, 3.63) is 75.8 Å². The lowest BCUT2D eigenvalue weighted by molar-refractivity contribution is -0.384. The van der Waals surface area contributed by atoms with E-state index in [9.17, 15) is 14.9 Å². The van der Waals surface area contributed by atoms with Crippen molar-refractivity contribution in [1.29, 1.82) is 0 Å². The lowest BCUT2D eigenvalue weighted by atomic mass is 10.0. The van der Waals surface area contributed by atoms with Crippen molar-refractivity contribution < 1.29 is 9.72 Å². The first-order valence-electron chi connectivity index (χ1n) is 6.72. The zero-order chi connectivity index (χ0) is 15.2. The summed E-state index contributed by atoms with van der Waals surface area (Å²) in [6.07, 6.45) is 0.741. The summed E-state index contributed by atoms with van der Waals surface area (Å²) in [6, 6.07) is 15.3. The van der Waals surface area contributed by atoms with Crippen LogP contribution in [-0.4, -0.2) is 10.8 Å². The quantitative estimate of drug-likeness (QED) is 0.675. The zero-order valence-corrected chi connectivity index (χ0v) is 11.7.